The highest BCUT2D eigenvalue weighted by Crippen LogP contribution is 2.30. The first-order valence-corrected chi connectivity index (χ1v) is 5.99. The molecule has 0 atom stereocenters. The molecule has 1 aromatic rings. The molecule has 0 unspecified atom stereocenters. The molecule has 0 aliphatic rings. The van der Waals surface area contributed by atoms with Crippen LogP contribution in [0.4, 0.5) is 0 Å². The monoisotopic (exact) mass is 222 g/mol. The number of hydrogen-bond acceptors (Lipinski definition) is 2. The molecule has 16 heavy (non-hydrogen) atoms. The molecule has 0 spiro atoms. The van der Waals surface area contributed by atoms with E-state index >= 15 is 0 Å². The van der Waals surface area contributed by atoms with Gasteiger partial charge in [0.05, 0.1) is 12.2 Å². The van der Waals surface area contributed by atoms with Gasteiger partial charge in [-0.1, -0.05) is 13.0 Å². The zero-order valence-electron chi connectivity index (χ0n) is 10.9. The maximum Gasteiger partial charge on any atom is 0.126 e. The van der Waals surface area contributed by atoms with Gasteiger partial charge < -0.3 is 9.47 Å². The molecule has 0 amide bonds. The van der Waals surface area contributed by atoms with E-state index < -0.39 is 0 Å². The molecule has 0 fully saturated rings. The van der Waals surface area contributed by atoms with E-state index in [1.807, 2.05) is 45.9 Å². The molecule has 0 radical (unpaired) electrons. The summed E-state index contributed by atoms with van der Waals surface area (Å²) in [5, 5.41) is 0. The lowest BCUT2D eigenvalue weighted by Crippen LogP contribution is -2.11. The standard InChI is InChI=1S/C14H22O2/c1-6-12-13(15-10(2)3)8-7-9-14(12)16-11(4)5/h7-11H,6H2,1-5H3. The highest BCUT2D eigenvalue weighted by molar-refractivity contribution is 5.45. The summed E-state index contributed by atoms with van der Waals surface area (Å²) in [6, 6.07) is 5.99. The summed E-state index contributed by atoms with van der Waals surface area (Å²) in [6.45, 7) is 10.3. The molecule has 0 aliphatic carbocycles. The van der Waals surface area contributed by atoms with Crippen LogP contribution >= 0.6 is 0 Å². The van der Waals surface area contributed by atoms with Crippen LogP contribution in [-0.2, 0) is 6.42 Å². The van der Waals surface area contributed by atoms with Gasteiger partial charge in [0.1, 0.15) is 11.5 Å². The van der Waals surface area contributed by atoms with E-state index in [0.29, 0.717) is 0 Å². The second-order valence-corrected chi connectivity index (χ2v) is 4.42. The fourth-order valence-electron chi connectivity index (χ4n) is 1.62. The van der Waals surface area contributed by atoms with Gasteiger partial charge in [-0.3, -0.25) is 0 Å². The summed E-state index contributed by atoms with van der Waals surface area (Å²) in [4.78, 5) is 0. The SMILES string of the molecule is CCc1c(OC(C)C)cccc1OC(C)C. The molecule has 90 valence electrons. The fourth-order valence-corrected chi connectivity index (χ4v) is 1.62. The van der Waals surface area contributed by atoms with Gasteiger partial charge in [-0.25, -0.2) is 0 Å². The lowest BCUT2D eigenvalue weighted by atomic mass is 10.1. The predicted molar refractivity (Wildman–Crippen MR) is 67.3 cm³/mol. The minimum absolute atomic E-state index is 0.194. The Bertz CT molecular complexity index is 301. The maximum atomic E-state index is 5.78. The molecular weight excluding hydrogens is 200 g/mol. The van der Waals surface area contributed by atoms with Gasteiger partial charge in [0.15, 0.2) is 0 Å². The third-order valence-electron chi connectivity index (χ3n) is 2.17. The number of ether oxygens (including phenoxy) is 2. The molecule has 0 N–H and O–H groups in total. The van der Waals surface area contributed by atoms with Crippen LogP contribution < -0.4 is 9.47 Å². The molecule has 0 saturated heterocycles. The number of rotatable bonds is 5. The van der Waals surface area contributed by atoms with E-state index in [1.54, 1.807) is 0 Å². The topological polar surface area (TPSA) is 18.5 Å². The van der Waals surface area contributed by atoms with Crippen molar-refractivity contribution in [1.82, 2.24) is 0 Å². The van der Waals surface area contributed by atoms with Crippen molar-refractivity contribution in [2.45, 2.75) is 53.2 Å². The van der Waals surface area contributed by atoms with E-state index in [1.165, 1.54) is 0 Å². The minimum atomic E-state index is 0.194. The molecule has 0 aliphatic heterocycles. The van der Waals surface area contributed by atoms with Gasteiger partial charge in [-0.05, 0) is 46.2 Å². The normalized spacial score (nSPS) is 10.9. The van der Waals surface area contributed by atoms with Crippen molar-refractivity contribution >= 4 is 0 Å². The number of hydrogen-bond donors (Lipinski definition) is 0. The first kappa shape index (κ1) is 12.9. The number of benzene rings is 1. The van der Waals surface area contributed by atoms with Crippen molar-refractivity contribution < 1.29 is 9.47 Å². The zero-order chi connectivity index (χ0) is 12.1. The van der Waals surface area contributed by atoms with Crippen LogP contribution in [-0.4, -0.2) is 12.2 Å². The van der Waals surface area contributed by atoms with Crippen LogP contribution in [0.1, 0.15) is 40.2 Å². The third-order valence-corrected chi connectivity index (χ3v) is 2.17. The average molecular weight is 222 g/mol. The van der Waals surface area contributed by atoms with E-state index in [-0.39, 0.29) is 12.2 Å². The van der Waals surface area contributed by atoms with Gasteiger partial charge in [0.25, 0.3) is 0 Å². The van der Waals surface area contributed by atoms with Crippen molar-refractivity contribution in [2.75, 3.05) is 0 Å². The molecule has 2 nitrogen and oxygen atoms in total. The van der Waals surface area contributed by atoms with Gasteiger partial charge in [0.2, 0.25) is 0 Å². The van der Waals surface area contributed by atoms with Crippen LogP contribution in [0.25, 0.3) is 0 Å². The van der Waals surface area contributed by atoms with Gasteiger partial charge in [0, 0.05) is 5.56 Å². The Balaban J connectivity index is 3.00. The van der Waals surface area contributed by atoms with Gasteiger partial charge >= 0.3 is 0 Å². The van der Waals surface area contributed by atoms with Gasteiger partial charge in [-0.15, -0.1) is 0 Å². The maximum absolute atomic E-state index is 5.78. The molecular formula is C14H22O2. The summed E-state index contributed by atoms with van der Waals surface area (Å²) >= 11 is 0. The van der Waals surface area contributed by atoms with Crippen molar-refractivity contribution in [3.8, 4) is 11.5 Å². The lowest BCUT2D eigenvalue weighted by molar-refractivity contribution is 0.225. The van der Waals surface area contributed by atoms with Crippen LogP contribution in [0.15, 0.2) is 18.2 Å². The molecule has 1 aromatic carbocycles. The smallest absolute Gasteiger partial charge is 0.126 e. The van der Waals surface area contributed by atoms with Crippen LogP contribution in [0.3, 0.4) is 0 Å². The van der Waals surface area contributed by atoms with Crippen LogP contribution in [0.2, 0.25) is 0 Å². The van der Waals surface area contributed by atoms with Crippen LogP contribution in [0, 0.1) is 0 Å². The van der Waals surface area contributed by atoms with Crippen molar-refractivity contribution in [3.63, 3.8) is 0 Å². The Morgan fingerprint density at radius 2 is 1.38 bits per heavy atom. The Kier molecular flexibility index (Phi) is 4.66. The summed E-state index contributed by atoms with van der Waals surface area (Å²) in [6.07, 6.45) is 1.31. The van der Waals surface area contributed by atoms with E-state index in [9.17, 15) is 0 Å². The van der Waals surface area contributed by atoms with E-state index in [4.69, 9.17) is 9.47 Å². The highest BCUT2D eigenvalue weighted by atomic mass is 16.5. The molecule has 2 heteroatoms. The molecule has 1 rings (SSSR count). The third kappa shape index (κ3) is 3.44. The Hall–Kier alpha value is -1.18. The Labute approximate surface area is 98.6 Å². The largest absolute Gasteiger partial charge is 0.491 e. The summed E-state index contributed by atoms with van der Waals surface area (Å²) in [7, 11) is 0. The molecule has 0 saturated carbocycles. The van der Waals surface area contributed by atoms with Crippen LogP contribution in [0.5, 0.6) is 11.5 Å². The lowest BCUT2D eigenvalue weighted by Gasteiger charge is -2.18. The summed E-state index contributed by atoms with van der Waals surface area (Å²) in [5.41, 5.74) is 1.16. The first-order valence-electron chi connectivity index (χ1n) is 5.99. The molecule has 0 aromatic heterocycles. The average Bonchev–Trinajstić information content (AvgIpc) is 2.16. The van der Waals surface area contributed by atoms with E-state index in [0.717, 1.165) is 23.5 Å². The van der Waals surface area contributed by atoms with Gasteiger partial charge in [-0.2, -0.15) is 0 Å². The van der Waals surface area contributed by atoms with Crippen molar-refractivity contribution in [2.24, 2.45) is 0 Å². The quantitative estimate of drug-likeness (QED) is 0.754. The highest BCUT2D eigenvalue weighted by Gasteiger charge is 2.11. The summed E-state index contributed by atoms with van der Waals surface area (Å²) in [5.74, 6) is 1.88. The van der Waals surface area contributed by atoms with Crippen molar-refractivity contribution in [3.05, 3.63) is 23.8 Å². The Morgan fingerprint density at radius 1 is 0.938 bits per heavy atom. The van der Waals surface area contributed by atoms with Crippen molar-refractivity contribution in [1.29, 1.82) is 0 Å². The molecule has 0 bridgehead atoms. The first-order chi connectivity index (χ1) is 7.54. The van der Waals surface area contributed by atoms with E-state index in [2.05, 4.69) is 6.92 Å². The molecule has 0 heterocycles. The fraction of sp³-hybridized carbons (Fsp3) is 0.571. The second-order valence-electron chi connectivity index (χ2n) is 4.42. The zero-order valence-corrected chi connectivity index (χ0v) is 10.9. The predicted octanol–water partition coefficient (Wildman–Crippen LogP) is 3.82. The summed E-state index contributed by atoms with van der Waals surface area (Å²) < 4.78 is 11.6. The minimum Gasteiger partial charge on any atom is -0.491 e. The Morgan fingerprint density at radius 3 is 1.69 bits per heavy atom. The second kappa shape index (κ2) is 5.78.